The van der Waals surface area contributed by atoms with E-state index < -0.39 is 0 Å². The predicted molar refractivity (Wildman–Crippen MR) is 101 cm³/mol. The maximum atomic E-state index is 10.0. The minimum absolute atomic E-state index is 0.203. The highest BCUT2D eigenvalue weighted by molar-refractivity contribution is 5.57. The number of hydrogen-bond donors (Lipinski definition) is 3. The quantitative estimate of drug-likeness (QED) is 0.688. The van der Waals surface area contributed by atoms with E-state index in [1.165, 1.54) is 5.56 Å². The van der Waals surface area contributed by atoms with Gasteiger partial charge in [-0.25, -0.2) is 0 Å². The second-order valence-electron chi connectivity index (χ2n) is 6.59. The fourth-order valence-corrected chi connectivity index (χ4v) is 3.50. The number of hydrogen-bond acceptors (Lipinski definition) is 6. The largest absolute Gasteiger partial charge is 0.423 e. The molecule has 7 heteroatoms. The lowest BCUT2D eigenvalue weighted by Crippen LogP contribution is -2.40. The van der Waals surface area contributed by atoms with Crippen molar-refractivity contribution in [2.45, 2.75) is 32.1 Å². The van der Waals surface area contributed by atoms with Crippen LogP contribution in [-0.4, -0.2) is 41.2 Å². The molecule has 0 saturated carbocycles. The van der Waals surface area contributed by atoms with Crippen molar-refractivity contribution >= 4 is 11.6 Å². The van der Waals surface area contributed by atoms with Crippen molar-refractivity contribution in [3.8, 4) is 0 Å². The molecule has 0 spiro atoms. The molecule has 1 aliphatic rings. The van der Waals surface area contributed by atoms with Gasteiger partial charge in [-0.1, -0.05) is 37.3 Å². The summed E-state index contributed by atoms with van der Waals surface area (Å²) in [6.45, 7) is 4.86. The summed E-state index contributed by atoms with van der Waals surface area (Å²) < 4.78 is 6.09. The molecule has 140 valence electrons. The van der Waals surface area contributed by atoms with Gasteiger partial charge in [0.1, 0.15) is 5.82 Å². The Bertz CT molecular complexity index is 785. The summed E-state index contributed by atoms with van der Waals surface area (Å²) in [6.07, 6.45) is 2.63. The number of ether oxygens (including phenoxy) is 1. The van der Waals surface area contributed by atoms with Crippen LogP contribution in [0.15, 0.2) is 30.3 Å². The first-order valence-electron chi connectivity index (χ1n) is 9.14. The van der Waals surface area contributed by atoms with Gasteiger partial charge in [-0.15, -0.1) is 4.73 Å². The minimum atomic E-state index is -0.247. The lowest BCUT2D eigenvalue weighted by Gasteiger charge is -2.30. The molecule has 1 aromatic heterocycles. The van der Waals surface area contributed by atoms with Crippen LogP contribution in [0.1, 0.15) is 36.8 Å². The summed E-state index contributed by atoms with van der Waals surface area (Å²) in [7, 11) is 0. The van der Waals surface area contributed by atoms with Crippen LogP contribution in [0, 0.1) is 5.41 Å². The molecule has 4 N–H and O–H groups in total. The molecular weight excluding hydrogens is 330 g/mol. The van der Waals surface area contributed by atoms with Crippen molar-refractivity contribution in [3.63, 3.8) is 0 Å². The Morgan fingerprint density at radius 3 is 2.62 bits per heavy atom. The zero-order valence-corrected chi connectivity index (χ0v) is 15.2. The molecular formula is C19H27N5O2. The maximum Gasteiger partial charge on any atom is 0.259 e. The summed E-state index contributed by atoms with van der Waals surface area (Å²) in [4.78, 5) is 6.40. The van der Waals surface area contributed by atoms with Gasteiger partial charge >= 0.3 is 0 Å². The average Bonchev–Trinajstić information content (AvgIpc) is 2.69. The van der Waals surface area contributed by atoms with E-state index in [1.807, 2.05) is 6.07 Å². The van der Waals surface area contributed by atoms with Gasteiger partial charge in [-0.2, -0.15) is 4.98 Å². The van der Waals surface area contributed by atoms with Crippen molar-refractivity contribution < 1.29 is 9.94 Å². The fourth-order valence-electron chi connectivity index (χ4n) is 3.50. The van der Waals surface area contributed by atoms with Gasteiger partial charge in [0.15, 0.2) is 5.82 Å². The summed E-state index contributed by atoms with van der Waals surface area (Å²) in [5.41, 5.74) is 8.02. The first-order chi connectivity index (χ1) is 12.6. The minimum Gasteiger partial charge on any atom is -0.423 e. The van der Waals surface area contributed by atoms with Gasteiger partial charge in [0, 0.05) is 18.7 Å². The number of benzene rings is 1. The van der Waals surface area contributed by atoms with Gasteiger partial charge in [0.05, 0.1) is 13.2 Å². The Balaban J connectivity index is 1.88. The van der Waals surface area contributed by atoms with Crippen molar-refractivity contribution in [1.82, 2.24) is 9.71 Å². The average molecular weight is 357 g/mol. The van der Waals surface area contributed by atoms with Crippen LogP contribution in [0.3, 0.4) is 0 Å². The topological polar surface area (TPSA) is 100 Å². The molecule has 1 atom stereocenters. The van der Waals surface area contributed by atoms with Crippen LogP contribution < -0.4 is 16.3 Å². The fraction of sp³-hybridized carbons (Fsp3) is 0.474. The normalized spacial score (nSPS) is 15.8. The molecule has 2 aromatic rings. The number of anilines is 2. The molecule has 0 radical (unpaired) electrons. The smallest absolute Gasteiger partial charge is 0.259 e. The highest BCUT2D eigenvalue weighted by atomic mass is 16.5. The number of morpholine rings is 1. The van der Waals surface area contributed by atoms with Crippen LogP contribution in [0.2, 0.25) is 0 Å². The number of rotatable bonds is 6. The van der Waals surface area contributed by atoms with Crippen LogP contribution >= 0.6 is 0 Å². The van der Waals surface area contributed by atoms with E-state index in [2.05, 4.69) is 41.1 Å². The molecule has 0 aliphatic carbocycles. The van der Waals surface area contributed by atoms with Crippen LogP contribution in [0.25, 0.3) is 0 Å². The second kappa shape index (κ2) is 8.23. The number of nitrogens with zero attached hydrogens (tertiary/aromatic N) is 3. The Hall–Kier alpha value is -2.54. The molecule has 3 rings (SSSR count). The Kier molecular flexibility index (Phi) is 5.78. The summed E-state index contributed by atoms with van der Waals surface area (Å²) in [6, 6.07) is 10.4. The molecule has 26 heavy (non-hydrogen) atoms. The predicted octanol–water partition coefficient (Wildman–Crippen LogP) is 2.15. The van der Waals surface area contributed by atoms with Crippen LogP contribution in [-0.2, 0) is 11.2 Å². The van der Waals surface area contributed by atoms with E-state index in [4.69, 9.17) is 15.9 Å². The number of nitrogens with one attached hydrogen (secondary N) is 1. The first-order valence-corrected chi connectivity index (χ1v) is 9.14. The van der Waals surface area contributed by atoms with Crippen molar-refractivity contribution in [3.05, 3.63) is 47.1 Å². The third-order valence-electron chi connectivity index (χ3n) is 5.04. The van der Waals surface area contributed by atoms with E-state index in [0.29, 0.717) is 49.2 Å². The maximum absolute atomic E-state index is 10.0. The van der Waals surface area contributed by atoms with Crippen LogP contribution in [0.5, 0.6) is 0 Å². The van der Waals surface area contributed by atoms with Crippen LogP contribution in [0.4, 0.5) is 11.6 Å². The zero-order chi connectivity index (χ0) is 18.5. The zero-order valence-electron chi connectivity index (χ0n) is 15.2. The van der Waals surface area contributed by atoms with E-state index in [9.17, 15) is 5.21 Å². The van der Waals surface area contributed by atoms with Gasteiger partial charge in [-0.05, 0) is 30.7 Å². The van der Waals surface area contributed by atoms with E-state index in [-0.39, 0.29) is 11.4 Å². The Morgan fingerprint density at radius 1 is 1.27 bits per heavy atom. The molecule has 1 fully saturated rings. The van der Waals surface area contributed by atoms with Gasteiger partial charge in [0.2, 0.25) is 0 Å². The first kappa shape index (κ1) is 18.3. The van der Waals surface area contributed by atoms with Crippen molar-refractivity contribution in [2.24, 2.45) is 0 Å². The van der Waals surface area contributed by atoms with Crippen molar-refractivity contribution in [1.29, 1.82) is 5.41 Å². The second-order valence-corrected chi connectivity index (χ2v) is 6.59. The summed E-state index contributed by atoms with van der Waals surface area (Å²) in [5, 5.41) is 17.9. The van der Waals surface area contributed by atoms with E-state index >= 15 is 0 Å². The lowest BCUT2D eigenvalue weighted by molar-refractivity contribution is 0.122. The standard InChI is InChI=1S/C19H27N5O2/c1-2-14(15-6-4-3-5-7-15)8-9-16-17(20)24(25)19(21)22-18(16)23-10-12-26-13-11-23/h3-7,14,21,25H,2,8-13,20H2,1H3. The lowest BCUT2D eigenvalue weighted by atomic mass is 9.90. The van der Waals surface area contributed by atoms with E-state index in [1.54, 1.807) is 0 Å². The Labute approximate surface area is 153 Å². The summed E-state index contributed by atoms with van der Waals surface area (Å²) >= 11 is 0. The van der Waals surface area contributed by atoms with Gasteiger partial charge in [-0.3, -0.25) is 5.41 Å². The molecule has 1 saturated heterocycles. The third kappa shape index (κ3) is 3.83. The monoisotopic (exact) mass is 357 g/mol. The van der Waals surface area contributed by atoms with Crippen molar-refractivity contribution in [2.75, 3.05) is 36.9 Å². The highest BCUT2D eigenvalue weighted by Gasteiger charge is 2.22. The number of nitrogens with two attached hydrogens (primary N) is 1. The number of aromatic nitrogens is 2. The summed E-state index contributed by atoms with van der Waals surface area (Å²) in [5.74, 6) is 1.31. The number of nitrogen functional groups attached to an aromatic ring is 1. The van der Waals surface area contributed by atoms with Gasteiger partial charge in [0.25, 0.3) is 5.62 Å². The Morgan fingerprint density at radius 2 is 1.96 bits per heavy atom. The molecule has 1 aliphatic heterocycles. The highest BCUT2D eigenvalue weighted by Crippen LogP contribution is 2.29. The third-order valence-corrected chi connectivity index (χ3v) is 5.04. The molecule has 1 aromatic carbocycles. The van der Waals surface area contributed by atoms with E-state index in [0.717, 1.165) is 18.4 Å². The molecule has 1 unspecified atom stereocenters. The SMILES string of the molecule is CCC(CCc1c(N2CCOCC2)nc(=N)n(O)c1N)c1ccccc1. The van der Waals surface area contributed by atoms with Gasteiger partial charge < -0.3 is 20.6 Å². The molecule has 0 bridgehead atoms. The molecule has 0 amide bonds. The molecule has 7 nitrogen and oxygen atoms in total. The molecule has 2 heterocycles.